The predicted octanol–water partition coefficient (Wildman–Crippen LogP) is 3.34. The number of nitrogens with two attached hydrogens (primary N) is 1. The number of hydrogen-bond donors (Lipinski definition) is 2. The largest absolute Gasteiger partial charge is 0.481 e. The molecule has 3 N–H and O–H groups in total. The Bertz CT molecular complexity index is 977. The zero-order valence-corrected chi connectivity index (χ0v) is 12.9. The maximum atomic E-state index is 5.83. The second kappa shape index (κ2) is 5.69. The quantitative estimate of drug-likeness (QED) is 0.597. The summed E-state index contributed by atoms with van der Waals surface area (Å²) in [7, 11) is 0. The highest BCUT2D eigenvalue weighted by atomic mass is 16.5. The first-order valence-electron chi connectivity index (χ1n) is 7.50. The molecule has 4 rings (SSSR count). The number of aromatic nitrogens is 4. The minimum atomic E-state index is -0.351. The Morgan fingerprint density at radius 2 is 1.96 bits per heavy atom. The molecule has 0 aliphatic rings. The number of nitrogens with one attached hydrogen (secondary N) is 1. The van der Waals surface area contributed by atoms with Crippen LogP contribution in [0.2, 0.25) is 0 Å². The first-order chi connectivity index (χ1) is 11.7. The maximum Gasteiger partial charge on any atom is 0.257 e. The molecule has 7 nitrogen and oxygen atoms in total. The molecule has 0 aliphatic heterocycles. The molecule has 1 atom stereocenters. The number of benzene rings is 2. The SMILES string of the molecule is C[C@H](Oc1ccccc1)c1nnc(-c2ccc3[nH]nc(N)c3c2)o1. The van der Waals surface area contributed by atoms with Gasteiger partial charge in [-0.1, -0.05) is 18.2 Å². The van der Waals surface area contributed by atoms with E-state index in [1.54, 1.807) is 0 Å². The van der Waals surface area contributed by atoms with Crippen molar-refractivity contribution in [2.24, 2.45) is 0 Å². The van der Waals surface area contributed by atoms with E-state index < -0.39 is 0 Å². The Morgan fingerprint density at radius 3 is 2.79 bits per heavy atom. The third-order valence-corrected chi connectivity index (χ3v) is 3.68. The number of H-pyrrole nitrogens is 1. The molecule has 0 unspecified atom stereocenters. The van der Waals surface area contributed by atoms with Gasteiger partial charge in [0.2, 0.25) is 5.89 Å². The molecule has 0 spiro atoms. The summed E-state index contributed by atoms with van der Waals surface area (Å²) >= 11 is 0. The molecular weight excluding hydrogens is 306 g/mol. The molecule has 120 valence electrons. The Morgan fingerprint density at radius 1 is 1.12 bits per heavy atom. The van der Waals surface area contributed by atoms with Gasteiger partial charge in [0.25, 0.3) is 5.89 Å². The summed E-state index contributed by atoms with van der Waals surface area (Å²) < 4.78 is 11.5. The van der Waals surface area contributed by atoms with Crippen LogP contribution in [-0.4, -0.2) is 20.4 Å². The molecule has 2 heterocycles. The molecule has 0 saturated heterocycles. The van der Waals surface area contributed by atoms with Gasteiger partial charge in [0.1, 0.15) is 5.75 Å². The van der Waals surface area contributed by atoms with Crippen molar-refractivity contribution in [1.82, 2.24) is 20.4 Å². The van der Waals surface area contributed by atoms with Gasteiger partial charge in [-0.2, -0.15) is 5.10 Å². The van der Waals surface area contributed by atoms with E-state index in [1.807, 2.05) is 55.5 Å². The average molecular weight is 321 g/mol. The van der Waals surface area contributed by atoms with Crippen LogP contribution in [0.5, 0.6) is 5.75 Å². The number of hydrogen-bond acceptors (Lipinski definition) is 6. The molecule has 0 radical (unpaired) electrons. The standard InChI is InChI=1S/C17H15N5O2/c1-10(23-12-5-3-2-4-6-12)16-21-22-17(24-16)11-7-8-14-13(9-11)15(18)20-19-14/h2-10H,1H3,(H3,18,19,20)/t10-/m0/s1. The third-order valence-electron chi connectivity index (χ3n) is 3.68. The highest BCUT2D eigenvalue weighted by molar-refractivity contribution is 5.91. The fourth-order valence-electron chi connectivity index (χ4n) is 2.44. The molecule has 4 aromatic rings. The molecule has 2 aromatic heterocycles. The number of nitrogens with zero attached hydrogens (tertiary/aromatic N) is 3. The molecule has 2 aromatic carbocycles. The third kappa shape index (κ3) is 2.56. The number of para-hydroxylation sites is 1. The maximum absolute atomic E-state index is 5.83. The number of rotatable bonds is 4. The fraction of sp³-hybridized carbons (Fsp3) is 0.118. The van der Waals surface area contributed by atoms with Crippen molar-refractivity contribution in [2.45, 2.75) is 13.0 Å². The van der Waals surface area contributed by atoms with Crippen LogP contribution in [0.15, 0.2) is 52.9 Å². The van der Waals surface area contributed by atoms with Gasteiger partial charge in [0.15, 0.2) is 11.9 Å². The van der Waals surface area contributed by atoms with E-state index in [-0.39, 0.29) is 6.10 Å². The van der Waals surface area contributed by atoms with E-state index in [4.69, 9.17) is 14.9 Å². The Hall–Kier alpha value is -3.35. The van der Waals surface area contributed by atoms with Gasteiger partial charge in [-0.25, -0.2) is 0 Å². The predicted molar refractivity (Wildman–Crippen MR) is 89.3 cm³/mol. The van der Waals surface area contributed by atoms with Crippen LogP contribution >= 0.6 is 0 Å². The molecule has 24 heavy (non-hydrogen) atoms. The lowest BCUT2D eigenvalue weighted by Gasteiger charge is -2.10. The summed E-state index contributed by atoms with van der Waals surface area (Å²) in [5.41, 5.74) is 7.47. The van der Waals surface area contributed by atoms with E-state index in [9.17, 15) is 0 Å². The topological polar surface area (TPSA) is 103 Å². The Labute approximate surface area is 137 Å². The first kappa shape index (κ1) is 14.3. The molecule has 0 bridgehead atoms. The number of anilines is 1. The highest BCUT2D eigenvalue weighted by Crippen LogP contribution is 2.27. The minimum absolute atomic E-state index is 0.351. The summed E-state index contributed by atoms with van der Waals surface area (Å²) in [5.74, 6) is 2.01. The number of aromatic amines is 1. The Balaban J connectivity index is 1.60. The second-order valence-electron chi connectivity index (χ2n) is 5.39. The van der Waals surface area contributed by atoms with E-state index in [0.717, 1.165) is 22.2 Å². The van der Waals surface area contributed by atoms with Crippen LogP contribution in [0.4, 0.5) is 5.82 Å². The highest BCUT2D eigenvalue weighted by Gasteiger charge is 2.17. The van der Waals surface area contributed by atoms with Crippen molar-refractivity contribution in [3.63, 3.8) is 0 Å². The lowest BCUT2D eigenvalue weighted by molar-refractivity contribution is 0.189. The summed E-state index contributed by atoms with van der Waals surface area (Å²) in [4.78, 5) is 0. The molecular formula is C17H15N5O2. The zero-order valence-electron chi connectivity index (χ0n) is 12.9. The molecule has 0 amide bonds. The van der Waals surface area contributed by atoms with E-state index >= 15 is 0 Å². The lowest BCUT2D eigenvalue weighted by atomic mass is 10.1. The van der Waals surface area contributed by atoms with Crippen molar-refractivity contribution in [3.8, 4) is 17.2 Å². The number of nitrogen functional groups attached to an aromatic ring is 1. The van der Waals surface area contributed by atoms with Crippen LogP contribution in [0.25, 0.3) is 22.4 Å². The van der Waals surface area contributed by atoms with Gasteiger partial charge < -0.3 is 14.9 Å². The number of ether oxygens (including phenoxy) is 1. The van der Waals surface area contributed by atoms with Gasteiger partial charge in [-0.15, -0.1) is 10.2 Å². The average Bonchev–Trinajstić information content (AvgIpc) is 3.23. The minimum Gasteiger partial charge on any atom is -0.481 e. The summed E-state index contributed by atoms with van der Waals surface area (Å²) in [6, 6.07) is 15.1. The van der Waals surface area contributed by atoms with Gasteiger partial charge in [-0.3, -0.25) is 5.10 Å². The van der Waals surface area contributed by atoms with E-state index in [1.165, 1.54) is 0 Å². The monoisotopic (exact) mass is 321 g/mol. The molecule has 0 fully saturated rings. The summed E-state index contributed by atoms with van der Waals surface area (Å²) in [6.07, 6.45) is -0.351. The van der Waals surface area contributed by atoms with Crippen molar-refractivity contribution < 1.29 is 9.15 Å². The molecule has 7 heteroatoms. The summed E-state index contributed by atoms with van der Waals surface area (Å²) in [6.45, 7) is 1.86. The van der Waals surface area contributed by atoms with Crippen LogP contribution in [-0.2, 0) is 0 Å². The van der Waals surface area contributed by atoms with Gasteiger partial charge >= 0.3 is 0 Å². The second-order valence-corrected chi connectivity index (χ2v) is 5.39. The van der Waals surface area contributed by atoms with Gasteiger partial charge in [-0.05, 0) is 37.3 Å². The first-order valence-corrected chi connectivity index (χ1v) is 7.50. The van der Waals surface area contributed by atoms with Crippen molar-refractivity contribution >= 4 is 16.7 Å². The zero-order chi connectivity index (χ0) is 16.5. The summed E-state index contributed by atoms with van der Waals surface area (Å²) in [5, 5.41) is 15.8. The van der Waals surface area contributed by atoms with Crippen LogP contribution in [0.1, 0.15) is 18.9 Å². The van der Waals surface area contributed by atoms with Gasteiger partial charge in [0, 0.05) is 10.9 Å². The normalized spacial score (nSPS) is 12.4. The van der Waals surface area contributed by atoms with E-state index in [2.05, 4.69) is 20.4 Å². The van der Waals surface area contributed by atoms with Gasteiger partial charge in [0.05, 0.1) is 5.52 Å². The van der Waals surface area contributed by atoms with E-state index in [0.29, 0.717) is 17.6 Å². The van der Waals surface area contributed by atoms with Crippen molar-refractivity contribution in [3.05, 3.63) is 54.4 Å². The molecule has 0 aliphatic carbocycles. The van der Waals surface area contributed by atoms with Crippen LogP contribution < -0.4 is 10.5 Å². The Kier molecular flexibility index (Phi) is 3.38. The number of fused-ring (bicyclic) bond motifs is 1. The van der Waals surface area contributed by atoms with Crippen molar-refractivity contribution in [2.75, 3.05) is 5.73 Å². The lowest BCUT2D eigenvalue weighted by Crippen LogP contribution is -2.03. The molecule has 0 saturated carbocycles. The van der Waals surface area contributed by atoms with Crippen molar-refractivity contribution in [1.29, 1.82) is 0 Å². The smallest absolute Gasteiger partial charge is 0.257 e. The van der Waals surface area contributed by atoms with Crippen LogP contribution in [0, 0.1) is 0 Å². The fourth-order valence-corrected chi connectivity index (χ4v) is 2.44. The van der Waals surface area contributed by atoms with Crippen LogP contribution in [0.3, 0.4) is 0 Å².